The molecule has 0 saturated heterocycles. The Morgan fingerprint density at radius 2 is 1.65 bits per heavy atom. The molecule has 2 rings (SSSR count). The number of benzene rings is 1. The van der Waals surface area contributed by atoms with Crippen molar-refractivity contribution in [3.63, 3.8) is 0 Å². The summed E-state index contributed by atoms with van der Waals surface area (Å²) in [7, 11) is 0. The zero-order chi connectivity index (χ0) is 12.4. The number of halogens is 3. The van der Waals surface area contributed by atoms with E-state index >= 15 is 0 Å². The van der Waals surface area contributed by atoms with Gasteiger partial charge in [0.25, 0.3) is 0 Å². The molecule has 0 heterocycles. The highest BCUT2D eigenvalue weighted by molar-refractivity contribution is 5.45. The normalized spacial score (nSPS) is 18.4. The van der Waals surface area contributed by atoms with E-state index in [4.69, 9.17) is 0 Å². The lowest BCUT2D eigenvalue weighted by Gasteiger charge is -2.21. The third-order valence-corrected chi connectivity index (χ3v) is 3.49. The Morgan fingerprint density at radius 3 is 2.18 bits per heavy atom. The van der Waals surface area contributed by atoms with Crippen LogP contribution in [-0.4, -0.2) is 6.04 Å². The van der Waals surface area contributed by atoms with E-state index in [1.165, 1.54) is 12.8 Å². The number of anilines is 1. The molecule has 0 aromatic heterocycles. The van der Waals surface area contributed by atoms with Gasteiger partial charge in [0.15, 0.2) is 17.5 Å². The summed E-state index contributed by atoms with van der Waals surface area (Å²) < 4.78 is 38.8. The monoisotopic (exact) mass is 243 g/mol. The zero-order valence-corrected chi connectivity index (χ0v) is 9.77. The van der Waals surface area contributed by atoms with Gasteiger partial charge < -0.3 is 5.32 Å². The van der Waals surface area contributed by atoms with E-state index in [0.29, 0.717) is 11.6 Å². The first-order valence-corrected chi connectivity index (χ1v) is 5.99. The van der Waals surface area contributed by atoms with Crippen LogP contribution in [0.4, 0.5) is 18.9 Å². The van der Waals surface area contributed by atoms with Gasteiger partial charge >= 0.3 is 0 Å². The van der Waals surface area contributed by atoms with Crippen molar-refractivity contribution in [3.05, 3.63) is 29.6 Å². The zero-order valence-electron chi connectivity index (χ0n) is 9.77. The van der Waals surface area contributed by atoms with Crippen LogP contribution in [-0.2, 0) is 0 Å². The van der Waals surface area contributed by atoms with Gasteiger partial charge in [-0.3, -0.25) is 0 Å². The maximum absolute atomic E-state index is 13.0. The van der Waals surface area contributed by atoms with Crippen LogP contribution in [0.1, 0.15) is 32.6 Å². The molecule has 1 aliphatic rings. The molecule has 0 radical (unpaired) electrons. The van der Waals surface area contributed by atoms with Crippen LogP contribution in [0.15, 0.2) is 12.1 Å². The fourth-order valence-corrected chi connectivity index (χ4v) is 2.48. The maximum Gasteiger partial charge on any atom is 0.194 e. The van der Waals surface area contributed by atoms with Crippen LogP contribution in [0, 0.1) is 23.4 Å². The minimum Gasteiger partial charge on any atom is -0.382 e. The summed E-state index contributed by atoms with van der Waals surface area (Å²) in [6, 6.07) is 2.16. The fourth-order valence-electron chi connectivity index (χ4n) is 2.48. The maximum atomic E-state index is 13.0. The number of rotatable bonds is 3. The molecule has 1 fully saturated rings. The topological polar surface area (TPSA) is 12.0 Å². The molecule has 0 amide bonds. The standard InChI is InChI=1S/C13H16F3N/c1-8(9-4-2-3-5-9)17-10-6-11(14)13(16)12(15)7-10/h6-9,17H,2-5H2,1H3. The van der Waals surface area contributed by atoms with E-state index in [0.717, 1.165) is 25.0 Å². The van der Waals surface area contributed by atoms with Gasteiger partial charge in [0.2, 0.25) is 0 Å². The van der Waals surface area contributed by atoms with Crippen LogP contribution in [0.25, 0.3) is 0 Å². The summed E-state index contributed by atoms with van der Waals surface area (Å²) in [5.74, 6) is -3.17. The second kappa shape index (κ2) is 4.98. The lowest BCUT2D eigenvalue weighted by Crippen LogP contribution is -2.24. The number of hydrogen-bond acceptors (Lipinski definition) is 1. The third-order valence-electron chi connectivity index (χ3n) is 3.49. The van der Waals surface area contributed by atoms with E-state index in [1.807, 2.05) is 6.92 Å². The first-order valence-electron chi connectivity index (χ1n) is 5.99. The van der Waals surface area contributed by atoms with Crippen molar-refractivity contribution in [1.29, 1.82) is 0 Å². The average Bonchev–Trinajstić information content (AvgIpc) is 2.79. The minimum atomic E-state index is -1.41. The van der Waals surface area contributed by atoms with Gasteiger partial charge in [0.05, 0.1) is 0 Å². The molecule has 1 N–H and O–H groups in total. The fraction of sp³-hybridized carbons (Fsp3) is 0.538. The van der Waals surface area contributed by atoms with Crippen molar-refractivity contribution in [1.82, 2.24) is 0 Å². The second-order valence-corrected chi connectivity index (χ2v) is 4.73. The van der Waals surface area contributed by atoms with Crippen molar-refractivity contribution in [2.75, 3.05) is 5.32 Å². The Morgan fingerprint density at radius 1 is 1.12 bits per heavy atom. The molecule has 1 nitrogen and oxygen atoms in total. The largest absolute Gasteiger partial charge is 0.382 e. The van der Waals surface area contributed by atoms with Gasteiger partial charge in [-0.25, -0.2) is 13.2 Å². The second-order valence-electron chi connectivity index (χ2n) is 4.73. The smallest absolute Gasteiger partial charge is 0.194 e. The lowest BCUT2D eigenvalue weighted by atomic mass is 9.99. The SMILES string of the molecule is CC(Nc1cc(F)c(F)c(F)c1)C1CCCC1. The van der Waals surface area contributed by atoms with Gasteiger partial charge in [-0.15, -0.1) is 0 Å². The molecule has 1 unspecified atom stereocenters. The van der Waals surface area contributed by atoms with E-state index in [2.05, 4.69) is 5.32 Å². The van der Waals surface area contributed by atoms with Crippen molar-refractivity contribution < 1.29 is 13.2 Å². The molecule has 1 aromatic carbocycles. The van der Waals surface area contributed by atoms with Gasteiger partial charge in [-0.05, 0) is 25.7 Å². The Balaban J connectivity index is 2.07. The highest BCUT2D eigenvalue weighted by Crippen LogP contribution is 2.29. The van der Waals surface area contributed by atoms with Crippen LogP contribution >= 0.6 is 0 Å². The number of hydrogen-bond donors (Lipinski definition) is 1. The van der Waals surface area contributed by atoms with Crippen molar-refractivity contribution in [2.24, 2.45) is 5.92 Å². The number of nitrogens with one attached hydrogen (secondary N) is 1. The molecule has 1 atom stereocenters. The average molecular weight is 243 g/mol. The van der Waals surface area contributed by atoms with Crippen molar-refractivity contribution in [3.8, 4) is 0 Å². The highest BCUT2D eigenvalue weighted by atomic mass is 19.2. The summed E-state index contributed by atoms with van der Waals surface area (Å²) in [5.41, 5.74) is 0.306. The Bertz CT molecular complexity index is 377. The Kier molecular flexibility index (Phi) is 3.60. The quantitative estimate of drug-likeness (QED) is 0.788. The predicted octanol–water partition coefficient (Wildman–Crippen LogP) is 4.09. The minimum absolute atomic E-state index is 0.154. The van der Waals surface area contributed by atoms with Gasteiger partial charge in [-0.1, -0.05) is 12.8 Å². The molecule has 0 bridgehead atoms. The van der Waals surface area contributed by atoms with Crippen LogP contribution < -0.4 is 5.32 Å². The van der Waals surface area contributed by atoms with E-state index in [-0.39, 0.29) is 6.04 Å². The third kappa shape index (κ3) is 2.73. The first-order chi connectivity index (χ1) is 8.08. The summed E-state index contributed by atoms with van der Waals surface area (Å²) in [5, 5.41) is 3.05. The van der Waals surface area contributed by atoms with Crippen LogP contribution in [0.2, 0.25) is 0 Å². The van der Waals surface area contributed by atoms with Gasteiger partial charge in [0.1, 0.15) is 0 Å². The van der Waals surface area contributed by atoms with Crippen LogP contribution in [0.5, 0.6) is 0 Å². The highest BCUT2D eigenvalue weighted by Gasteiger charge is 2.22. The first kappa shape index (κ1) is 12.3. The summed E-state index contributed by atoms with van der Waals surface area (Å²) in [4.78, 5) is 0. The molecule has 1 saturated carbocycles. The molecular formula is C13H16F3N. The molecular weight excluding hydrogens is 227 g/mol. The van der Waals surface area contributed by atoms with Crippen LogP contribution in [0.3, 0.4) is 0 Å². The molecule has 0 spiro atoms. The van der Waals surface area contributed by atoms with Crippen molar-refractivity contribution >= 4 is 5.69 Å². The van der Waals surface area contributed by atoms with E-state index in [1.54, 1.807) is 0 Å². The van der Waals surface area contributed by atoms with Gasteiger partial charge in [0, 0.05) is 23.9 Å². The summed E-state index contributed by atoms with van der Waals surface area (Å²) in [6.45, 7) is 2.00. The molecule has 0 aliphatic heterocycles. The molecule has 1 aromatic rings. The molecule has 94 valence electrons. The predicted molar refractivity (Wildman–Crippen MR) is 61.4 cm³/mol. The molecule has 4 heteroatoms. The molecule has 17 heavy (non-hydrogen) atoms. The Hall–Kier alpha value is -1.19. The van der Waals surface area contributed by atoms with Crippen molar-refractivity contribution in [2.45, 2.75) is 38.6 Å². The van der Waals surface area contributed by atoms with E-state index < -0.39 is 17.5 Å². The Labute approximate surface area is 99.0 Å². The summed E-state index contributed by atoms with van der Waals surface area (Å²) in [6.07, 6.45) is 4.70. The summed E-state index contributed by atoms with van der Waals surface area (Å²) >= 11 is 0. The van der Waals surface area contributed by atoms with Gasteiger partial charge in [-0.2, -0.15) is 0 Å². The lowest BCUT2D eigenvalue weighted by molar-refractivity contribution is 0.446. The van der Waals surface area contributed by atoms with E-state index in [9.17, 15) is 13.2 Å². The molecule has 1 aliphatic carbocycles.